The van der Waals surface area contributed by atoms with Gasteiger partial charge in [0.25, 0.3) is 0 Å². The Bertz CT molecular complexity index is 488. The molecular formula is C17H26N2O2. The van der Waals surface area contributed by atoms with E-state index in [1.165, 1.54) is 16.7 Å². The number of nitrogens with two attached hydrogens (primary N) is 1. The Labute approximate surface area is 127 Å². The predicted molar refractivity (Wildman–Crippen MR) is 83.7 cm³/mol. The molecule has 1 atom stereocenters. The molecule has 1 aliphatic heterocycles. The van der Waals surface area contributed by atoms with E-state index in [1.807, 2.05) is 6.92 Å². The lowest BCUT2D eigenvalue weighted by atomic mass is 9.97. The molecule has 0 saturated carbocycles. The van der Waals surface area contributed by atoms with E-state index in [1.54, 1.807) is 0 Å². The Hall–Kier alpha value is -1.39. The zero-order valence-corrected chi connectivity index (χ0v) is 13.1. The summed E-state index contributed by atoms with van der Waals surface area (Å²) in [4.78, 5) is 14.2. The number of hydrogen-bond donors (Lipinski definition) is 1. The highest BCUT2D eigenvalue weighted by molar-refractivity contribution is 5.72. The average molecular weight is 290 g/mol. The lowest BCUT2D eigenvalue weighted by Crippen LogP contribution is -2.39. The number of carbonyl (C=O) groups is 1. The van der Waals surface area contributed by atoms with Crippen LogP contribution in [0.5, 0.6) is 0 Å². The van der Waals surface area contributed by atoms with Crippen molar-refractivity contribution < 1.29 is 9.53 Å². The van der Waals surface area contributed by atoms with E-state index in [9.17, 15) is 4.79 Å². The highest BCUT2D eigenvalue weighted by Gasteiger charge is 2.26. The maximum Gasteiger partial charge on any atom is 0.310 e. The topological polar surface area (TPSA) is 55.6 Å². The van der Waals surface area contributed by atoms with Gasteiger partial charge in [0, 0.05) is 19.6 Å². The number of nitrogens with zero attached hydrogens (tertiary/aromatic N) is 1. The first-order valence-corrected chi connectivity index (χ1v) is 7.81. The van der Waals surface area contributed by atoms with Gasteiger partial charge in [-0.3, -0.25) is 9.69 Å². The molecule has 116 valence electrons. The molecule has 1 aliphatic rings. The van der Waals surface area contributed by atoms with Crippen molar-refractivity contribution in [3.05, 3.63) is 34.9 Å². The molecule has 1 aromatic rings. The largest absolute Gasteiger partial charge is 0.466 e. The van der Waals surface area contributed by atoms with E-state index in [4.69, 9.17) is 10.5 Å². The fraction of sp³-hybridized carbons (Fsp3) is 0.588. The summed E-state index contributed by atoms with van der Waals surface area (Å²) in [6.07, 6.45) is 2.00. The van der Waals surface area contributed by atoms with Crippen LogP contribution in [0.4, 0.5) is 0 Å². The number of hydrogen-bond acceptors (Lipinski definition) is 4. The van der Waals surface area contributed by atoms with Gasteiger partial charge in [0.2, 0.25) is 0 Å². The van der Waals surface area contributed by atoms with Gasteiger partial charge in [-0.05, 0) is 49.9 Å². The molecular weight excluding hydrogens is 264 g/mol. The van der Waals surface area contributed by atoms with Crippen molar-refractivity contribution in [3.63, 3.8) is 0 Å². The van der Waals surface area contributed by atoms with Gasteiger partial charge >= 0.3 is 5.97 Å². The second-order valence-electron chi connectivity index (χ2n) is 5.79. The average Bonchev–Trinajstić information content (AvgIpc) is 2.50. The van der Waals surface area contributed by atoms with Crippen molar-refractivity contribution in [2.45, 2.75) is 39.8 Å². The monoisotopic (exact) mass is 290 g/mol. The van der Waals surface area contributed by atoms with Gasteiger partial charge in [0.15, 0.2) is 0 Å². The van der Waals surface area contributed by atoms with E-state index < -0.39 is 0 Å². The van der Waals surface area contributed by atoms with E-state index in [0.717, 1.165) is 32.5 Å². The molecule has 1 unspecified atom stereocenters. The molecule has 1 fully saturated rings. The van der Waals surface area contributed by atoms with Gasteiger partial charge in [-0.15, -0.1) is 0 Å². The summed E-state index contributed by atoms with van der Waals surface area (Å²) in [7, 11) is 0. The van der Waals surface area contributed by atoms with E-state index in [0.29, 0.717) is 13.2 Å². The number of ether oxygens (including phenoxy) is 1. The van der Waals surface area contributed by atoms with Gasteiger partial charge in [0.05, 0.1) is 12.5 Å². The van der Waals surface area contributed by atoms with Gasteiger partial charge in [-0.25, -0.2) is 0 Å². The van der Waals surface area contributed by atoms with Gasteiger partial charge < -0.3 is 10.5 Å². The van der Waals surface area contributed by atoms with Crippen LogP contribution >= 0.6 is 0 Å². The molecule has 0 amide bonds. The van der Waals surface area contributed by atoms with E-state index >= 15 is 0 Å². The van der Waals surface area contributed by atoms with Crippen LogP contribution in [0.2, 0.25) is 0 Å². The summed E-state index contributed by atoms with van der Waals surface area (Å²) >= 11 is 0. The third kappa shape index (κ3) is 4.29. The minimum absolute atomic E-state index is 0.0299. The van der Waals surface area contributed by atoms with Crippen molar-refractivity contribution in [2.75, 3.05) is 19.7 Å². The zero-order valence-electron chi connectivity index (χ0n) is 13.1. The summed E-state index contributed by atoms with van der Waals surface area (Å²) in [6.45, 7) is 7.78. The Kier molecular flexibility index (Phi) is 5.76. The lowest BCUT2D eigenvalue weighted by Gasteiger charge is -2.31. The molecule has 21 heavy (non-hydrogen) atoms. The molecule has 0 bridgehead atoms. The maximum atomic E-state index is 11.9. The third-order valence-corrected chi connectivity index (χ3v) is 4.16. The van der Waals surface area contributed by atoms with Crippen LogP contribution in [-0.2, 0) is 22.6 Å². The second-order valence-corrected chi connectivity index (χ2v) is 5.79. The molecule has 0 spiro atoms. The summed E-state index contributed by atoms with van der Waals surface area (Å²) in [6, 6.07) is 6.41. The third-order valence-electron chi connectivity index (χ3n) is 4.16. The summed E-state index contributed by atoms with van der Waals surface area (Å²) in [5.41, 5.74) is 9.43. The highest BCUT2D eigenvalue weighted by atomic mass is 16.5. The maximum absolute atomic E-state index is 11.9. The summed E-state index contributed by atoms with van der Waals surface area (Å²) in [5.74, 6) is -0.0141. The Morgan fingerprint density at radius 2 is 2.29 bits per heavy atom. The molecule has 4 heteroatoms. The zero-order chi connectivity index (χ0) is 15.2. The first-order chi connectivity index (χ1) is 10.1. The van der Waals surface area contributed by atoms with Crippen molar-refractivity contribution in [1.82, 2.24) is 4.90 Å². The number of carbonyl (C=O) groups excluding carboxylic acids is 1. The summed E-state index contributed by atoms with van der Waals surface area (Å²) < 4.78 is 5.15. The molecule has 0 radical (unpaired) electrons. The number of piperidine rings is 1. The van der Waals surface area contributed by atoms with Crippen molar-refractivity contribution in [3.8, 4) is 0 Å². The number of benzene rings is 1. The normalized spacial score (nSPS) is 19.5. The Morgan fingerprint density at radius 3 is 2.95 bits per heavy atom. The van der Waals surface area contributed by atoms with Crippen LogP contribution in [0.1, 0.15) is 36.5 Å². The van der Waals surface area contributed by atoms with Gasteiger partial charge in [-0.2, -0.15) is 0 Å². The molecule has 4 nitrogen and oxygen atoms in total. The van der Waals surface area contributed by atoms with Crippen LogP contribution in [0, 0.1) is 12.8 Å². The number of aryl methyl sites for hydroxylation is 1. The Morgan fingerprint density at radius 1 is 1.48 bits per heavy atom. The van der Waals surface area contributed by atoms with Crippen LogP contribution in [0.25, 0.3) is 0 Å². The molecule has 1 heterocycles. The van der Waals surface area contributed by atoms with Gasteiger partial charge in [-0.1, -0.05) is 18.2 Å². The molecule has 0 aromatic heterocycles. The number of likely N-dealkylation sites (tertiary alicyclic amines) is 1. The Balaban J connectivity index is 1.97. The lowest BCUT2D eigenvalue weighted by molar-refractivity contribution is -0.150. The van der Waals surface area contributed by atoms with E-state index in [-0.39, 0.29) is 11.9 Å². The van der Waals surface area contributed by atoms with Crippen molar-refractivity contribution in [2.24, 2.45) is 11.7 Å². The van der Waals surface area contributed by atoms with Gasteiger partial charge in [0.1, 0.15) is 0 Å². The first-order valence-electron chi connectivity index (χ1n) is 7.81. The fourth-order valence-electron chi connectivity index (χ4n) is 2.95. The van der Waals surface area contributed by atoms with Crippen molar-refractivity contribution >= 4 is 5.97 Å². The van der Waals surface area contributed by atoms with Crippen LogP contribution in [0.3, 0.4) is 0 Å². The minimum atomic E-state index is -0.0441. The first kappa shape index (κ1) is 16.0. The molecule has 1 aromatic carbocycles. The molecule has 2 rings (SSSR count). The van der Waals surface area contributed by atoms with Crippen LogP contribution < -0.4 is 5.73 Å². The van der Waals surface area contributed by atoms with Crippen molar-refractivity contribution in [1.29, 1.82) is 0 Å². The SMILES string of the molecule is CCOC(=O)C1CCCN(Cc2ccc(CN)cc2C)C1. The number of rotatable bonds is 5. The molecule has 1 saturated heterocycles. The standard InChI is InChI=1S/C17H26N2O2/c1-3-21-17(20)16-5-4-8-19(12-16)11-15-7-6-14(10-18)9-13(15)2/h6-7,9,16H,3-5,8,10-12,18H2,1-2H3. The smallest absolute Gasteiger partial charge is 0.310 e. The predicted octanol–water partition coefficient (Wildman–Crippen LogP) is 2.23. The fourth-order valence-corrected chi connectivity index (χ4v) is 2.95. The van der Waals surface area contributed by atoms with Crippen LogP contribution in [-0.4, -0.2) is 30.6 Å². The molecule has 2 N–H and O–H groups in total. The quantitative estimate of drug-likeness (QED) is 0.845. The molecule has 0 aliphatic carbocycles. The number of esters is 1. The van der Waals surface area contributed by atoms with Crippen LogP contribution in [0.15, 0.2) is 18.2 Å². The highest BCUT2D eigenvalue weighted by Crippen LogP contribution is 2.21. The second kappa shape index (κ2) is 7.57. The summed E-state index contributed by atoms with van der Waals surface area (Å²) in [5, 5.41) is 0. The van der Waals surface area contributed by atoms with E-state index in [2.05, 4.69) is 30.0 Å². The minimum Gasteiger partial charge on any atom is -0.466 e.